The largest absolute Gasteiger partial charge is 0.504 e. The highest BCUT2D eigenvalue weighted by Crippen LogP contribution is 2.37. The number of hydrogen-bond donors (Lipinski definition) is 2. The van der Waals surface area contributed by atoms with E-state index in [2.05, 4.69) is 0 Å². The molecule has 5 nitrogen and oxygen atoms in total. The van der Waals surface area contributed by atoms with E-state index in [1.807, 2.05) is 0 Å². The first-order valence-electron chi connectivity index (χ1n) is 4.91. The van der Waals surface area contributed by atoms with Gasteiger partial charge in [-0.15, -0.1) is 0 Å². The van der Waals surface area contributed by atoms with Gasteiger partial charge in [0, 0.05) is 5.56 Å². The molecular weight excluding hydrogens is 210 g/mol. The Morgan fingerprint density at radius 1 is 1.50 bits per heavy atom. The van der Waals surface area contributed by atoms with Gasteiger partial charge in [0.2, 0.25) is 5.75 Å². The highest BCUT2D eigenvalue weighted by molar-refractivity contribution is 5.98. The van der Waals surface area contributed by atoms with Crippen molar-refractivity contribution in [3.63, 3.8) is 0 Å². The van der Waals surface area contributed by atoms with E-state index in [1.54, 1.807) is 6.92 Å². The van der Waals surface area contributed by atoms with Crippen molar-refractivity contribution in [2.45, 2.75) is 6.92 Å². The average molecular weight is 225 g/mol. The van der Waals surface area contributed by atoms with Crippen LogP contribution in [-0.4, -0.2) is 31.2 Å². The van der Waals surface area contributed by atoms with Gasteiger partial charge in [-0.2, -0.15) is 0 Å². The molecule has 5 heteroatoms. The van der Waals surface area contributed by atoms with Gasteiger partial charge in [0.05, 0.1) is 20.3 Å². The van der Waals surface area contributed by atoms with Crippen LogP contribution in [0.15, 0.2) is 12.1 Å². The van der Waals surface area contributed by atoms with Crippen LogP contribution in [0.5, 0.6) is 17.2 Å². The molecule has 0 spiro atoms. The minimum absolute atomic E-state index is 0.114. The van der Waals surface area contributed by atoms with E-state index in [1.165, 1.54) is 19.2 Å². The summed E-state index contributed by atoms with van der Waals surface area (Å²) in [5.74, 6) is 0.154. The maximum atomic E-state index is 11.4. The Kier molecular flexibility index (Phi) is 4.13. The Labute approximate surface area is 93.8 Å². The first-order chi connectivity index (χ1) is 7.63. The zero-order chi connectivity index (χ0) is 12.1. The molecule has 0 saturated heterocycles. The molecule has 0 saturated carbocycles. The van der Waals surface area contributed by atoms with E-state index < -0.39 is 0 Å². The number of benzene rings is 1. The molecule has 0 fully saturated rings. The number of ether oxygens (including phenoxy) is 2. The maximum absolute atomic E-state index is 11.4. The first kappa shape index (κ1) is 12.3. The highest BCUT2D eigenvalue weighted by atomic mass is 16.5. The van der Waals surface area contributed by atoms with Crippen molar-refractivity contribution in [1.29, 1.82) is 0 Å². The van der Waals surface area contributed by atoms with Crippen LogP contribution >= 0.6 is 0 Å². The number of hydrogen-bond acceptors (Lipinski definition) is 5. The number of rotatable bonds is 5. The van der Waals surface area contributed by atoms with Crippen molar-refractivity contribution in [1.82, 2.24) is 0 Å². The molecule has 0 heterocycles. The van der Waals surface area contributed by atoms with Crippen LogP contribution < -0.4 is 15.2 Å². The SMILES string of the molecule is CCOc1cc(C(=O)CN)cc(O)c1OC. The molecule has 1 aromatic rings. The van der Waals surface area contributed by atoms with Gasteiger partial charge in [0.15, 0.2) is 17.3 Å². The number of nitrogens with two attached hydrogens (primary N) is 1. The Morgan fingerprint density at radius 3 is 2.69 bits per heavy atom. The highest BCUT2D eigenvalue weighted by Gasteiger charge is 2.15. The number of aromatic hydroxyl groups is 1. The predicted octanol–water partition coefficient (Wildman–Crippen LogP) is 0.941. The Bertz CT molecular complexity index is 390. The van der Waals surface area contributed by atoms with Crippen LogP contribution in [0, 0.1) is 0 Å². The van der Waals surface area contributed by atoms with Gasteiger partial charge in [-0.05, 0) is 19.1 Å². The molecular formula is C11H15NO4. The van der Waals surface area contributed by atoms with E-state index in [0.29, 0.717) is 17.9 Å². The lowest BCUT2D eigenvalue weighted by molar-refractivity contribution is 0.100. The second-order valence-electron chi connectivity index (χ2n) is 3.09. The van der Waals surface area contributed by atoms with Crippen molar-refractivity contribution in [3.8, 4) is 17.2 Å². The van der Waals surface area contributed by atoms with Crippen LogP contribution in [0.25, 0.3) is 0 Å². The van der Waals surface area contributed by atoms with Gasteiger partial charge in [0.25, 0.3) is 0 Å². The number of carbonyl (C=O) groups excluding carboxylic acids is 1. The number of methoxy groups -OCH3 is 1. The normalized spacial score (nSPS) is 9.94. The summed E-state index contributed by atoms with van der Waals surface area (Å²) in [6.07, 6.45) is 0. The number of phenols is 1. The van der Waals surface area contributed by atoms with E-state index in [9.17, 15) is 9.90 Å². The first-order valence-corrected chi connectivity index (χ1v) is 4.91. The van der Waals surface area contributed by atoms with Crippen molar-refractivity contribution >= 4 is 5.78 Å². The molecule has 88 valence electrons. The van der Waals surface area contributed by atoms with E-state index in [4.69, 9.17) is 15.2 Å². The second kappa shape index (κ2) is 5.37. The second-order valence-corrected chi connectivity index (χ2v) is 3.09. The van der Waals surface area contributed by atoms with Crippen molar-refractivity contribution in [2.75, 3.05) is 20.3 Å². The third-order valence-corrected chi connectivity index (χ3v) is 2.05. The van der Waals surface area contributed by atoms with Crippen LogP contribution in [0.4, 0.5) is 0 Å². The summed E-state index contributed by atoms with van der Waals surface area (Å²) in [6, 6.07) is 2.83. The van der Waals surface area contributed by atoms with Crippen LogP contribution in [0.3, 0.4) is 0 Å². The molecule has 0 bridgehead atoms. The zero-order valence-electron chi connectivity index (χ0n) is 9.32. The molecule has 1 rings (SSSR count). The molecule has 1 aromatic carbocycles. The molecule has 0 aliphatic rings. The number of ketones is 1. The summed E-state index contributed by atoms with van der Waals surface area (Å²) in [6.45, 7) is 2.10. The molecule has 0 amide bonds. The van der Waals surface area contributed by atoms with Crippen molar-refractivity contribution < 1.29 is 19.4 Å². The van der Waals surface area contributed by atoms with E-state index >= 15 is 0 Å². The Morgan fingerprint density at radius 2 is 2.19 bits per heavy atom. The van der Waals surface area contributed by atoms with Gasteiger partial charge in [-0.1, -0.05) is 0 Å². The number of Topliss-reactive ketones (excluding diaryl/α,β-unsaturated/α-hetero) is 1. The standard InChI is InChI=1S/C11H15NO4/c1-3-16-10-5-7(9(14)6-12)4-8(13)11(10)15-2/h4-5,13H,3,6,12H2,1-2H3. The zero-order valence-corrected chi connectivity index (χ0v) is 9.32. The smallest absolute Gasteiger partial charge is 0.203 e. The van der Waals surface area contributed by atoms with Crippen molar-refractivity contribution in [3.05, 3.63) is 17.7 Å². The monoisotopic (exact) mass is 225 g/mol. The summed E-state index contributed by atoms with van der Waals surface area (Å²) in [5.41, 5.74) is 5.55. The lowest BCUT2D eigenvalue weighted by atomic mass is 10.1. The van der Waals surface area contributed by atoms with E-state index in [-0.39, 0.29) is 23.8 Å². The van der Waals surface area contributed by atoms with Gasteiger partial charge in [0.1, 0.15) is 0 Å². The molecule has 0 radical (unpaired) electrons. The predicted molar refractivity (Wildman–Crippen MR) is 59.2 cm³/mol. The average Bonchev–Trinajstić information content (AvgIpc) is 2.28. The minimum atomic E-state index is -0.265. The molecule has 0 aliphatic heterocycles. The van der Waals surface area contributed by atoms with Gasteiger partial charge >= 0.3 is 0 Å². The summed E-state index contributed by atoms with van der Waals surface area (Å²) in [5, 5.41) is 9.65. The van der Waals surface area contributed by atoms with Gasteiger partial charge < -0.3 is 20.3 Å². The quantitative estimate of drug-likeness (QED) is 0.729. The lowest BCUT2D eigenvalue weighted by Crippen LogP contribution is -2.13. The Hall–Kier alpha value is -1.75. The van der Waals surface area contributed by atoms with Gasteiger partial charge in [-0.25, -0.2) is 0 Å². The van der Waals surface area contributed by atoms with Crippen molar-refractivity contribution in [2.24, 2.45) is 5.73 Å². The van der Waals surface area contributed by atoms with Crippen LogP contribution in [-0.2, 0) is 0 Å². The lowest BCUT2D eigenvalue weighted by Gasteiger charge is -2.12. The summed E-state index contributed by atoms with van der Waals surface area (Å²) < 4.78 is 10.2. The molecule has 0 aliphatic carbocycles. The van der Waals surface area contributed by atoms with E-state index in [0.717, 1.165) is 0 Å². The fourth-order valence-corrected chi connectivity index (χ4v) is 1.33. The molecule has 3 N–H and O–H groups in total. The van der Waals surface area contributed by atoms with Crippen LogP contribution in [0.1, 0.15) is 17.3 Å². The molecule has 0 atom stereocenters. The minimum Gasteiger partial charge on any atom is -0.504 e. The fraction of sp³-hybridized carbons (Fsp3) is 0.364. The summed E-state index contributed by atoms with van der Waals surface area (Å²) in [4.78, 5) is 11.4. The summed E-state index contributed by atoms with van der Waals surface area (Å²) in [7, 11) is 1.42. The number of phenolic OH excluding ortho intramolecular Hbond substituents is 1. The number of carbonyl (C=O) groups is 1. The third kappa shape index (κ3) is 2.43. The topological polar surface area (TPSA) is 81.8 Å². The third-order valence-electron chi connectivity index (χ3n) is 2.05. The fourth-order valence-electron chi connectivity index (χ4n) is 1.33. The maximum Gasteiger partial charge on any atom is 0.203 e. The summed E-state index contributed by atoms with van der Waals surface area (Å²) >= 11 is 0. The molecule has 0 aromatic heterocycles. The van der Waals surface area contributed by atoms with Gasteiger partial charge in [-0.3, -0.25) is 4.79 Å². The van der Waals surface area contributed by atoms with Crippen LogP contribution in [0.2, 0.25) is 0 Å². The Balaban J connectivity index is 3.22. The molecule has 16 heavy (non-hydrogen) atoms. The molecule has 0 unspecified atom stereocenters.